The molecule has 0 saturated carbocycles. The van der Waals surface area contributed by atoms with Crippen molar-refractivity contribution in [1.82, 2.24) is 9.78 Å². The fourth-order valence-electron chi connectivity index (χ4n) is 1.43. The van der Waals surface area contributed by atoms with Crippen LogP contribution in [0.1, 0.15) is 15.9 Å². The molecule has 0 aliphatic carbocycles. The van der Waals surface area contributed by atoms with Gasteiger partial charge in [0.05, 0.1) is 11.8 Å². The maximum atomic E-state index is 10.8. The molecule has 0 unspecified atom stereocenters. The molecule has 0 bridgehead atoms. The van der Waals surface area contributed by atoms with Crippen LogP contribution in [0.25, 0.3) is 0 Å². The average molecular weight is 248 g/mol. The first kappa shape index (κ1) is 11.7. The Hall–Kier alpha value is -1.75. The van der Waals surface area contributed by atoms with Gasteiger partial charge in [0.15, 0.2) is 0 Å². The SMILES string of the molecule is Cn1cc(CSc2cccc(C(=O)O)c2)cn1. The number of carboxylic acids is 1. The summed E-state index contributed by atoms with van der Waals surface area (Å²) in [5.74, 6) is -0.106. The zero-order chi connectivity index (χ0) is 12.3. The quantitative estimate of drug-likeness (QED) is 0.844. The summed E-state index contributed by atoms with van der Waals surface area (Å²) in [6.07, 6.45) is 3.77. The Morgan fingerprint density at radius 2 is 2.35 bits per heavy atom. The fourth-order valence-corrected chi connectivity index (χ4v) is 2.30. The number of aromatic nitrogens is 2. The molecule has 1 heterocycles. The number of nitrogens with zero attached hydrogens (tertiary/aromatic N) is 2. The molecule has 1 N–H and O–H groups in total. The predicted octanol–water partition coefficient (Wildman–Crippen LogP) is 2.41. The lowest BCUT2D eigenvalue weighted by Gasteiger charge is -2.01. The first-order chi connectivity index (χ1) is 8.15. The highest BCUT2D eigenvalue weighted by atomic mass is 32.2. The first-order valence-electron chi connectivity index (χ1n) is 5.09. The Morgan fingerprint density at radius 3 is 3.00 bits per heavy atom. The van der Waals surface area contributed by atoms with Crippen molar-refractivity contribution in [3.8, 4) is 0 Å². The molecule has 0 saturated heterocycles. The lowest BCUT2D eigenvalue weighted by Crippen LogP contribution is -1.95. The van der Waals surface area contributed by atoms with E-state index in [-0.39, 0.29) is 0 Å². The summed E-state index contributed by atoms with van der Waals surface area (Å²) in [4.78, 5) is 11.8. The molecule has 17 heavy (non-hydrogen) atoms. The second kappa shape index (κ2) is 5.05. The van der Waals surface area contributed by atoms with Crippen LogP contribution >= 0.6 is 11.8 Å². The molecule has 0 spiro atoms. The molecule has 88 valence electrons. The maximum absolute atomic E-state index is 10.8. The van der Waals surface area contributed by atoms with Gasteiger partial charge in [-0.1, -0.05) is 6.07 Å². The standard InChI is InChI=1S/C12H12N2O2S/c1-14-7-9(6-13-14)8-17-11-4-2-3-10(5-11)12(15)16/h2-7H,8H2,1H3,(H,15,16). The monoisotopic (exact) mass is 248 g/mol. The van der Waals surface area contributed by atoms with E-state index < -0.39 is 5.97 Å². The van der Waals surface area contributed by atoms with Crippen molar-refractivity contribution in [3.05, 3.63) is 47.8 Å². The van der Waals surface area contributed by atoms with E-state index in [9.17, 15) is 4.79 Å². The third-order valence-corrected chi connectivity index (χ3v) is 3.31. The van der Waals surface area contributed by atoms with Crippen LogP contribution in [0.5, 0.6) is 0 Å². The van der Waals surface area contributed by atoms with E-state index in [1.807, 2.05) is 25.5 Å². The third kappa shape index (κ3) is 3.10. The van der Waals surface area contributed by atoms with Crippen LogP contribution in [-0.4, -0.2) is 20.9 Å². The number of thioether (sulfide) groups is 1. The molecule has 0 amide bonds. The topological polar surface area (TPSA) is 55.1 Å². The van der Waals surface area contributed by atoms with Gasteiger partial charge in [0.25, 0.3) is 0 Å². The number of rotatable bonds is 4. The van der Waals surface area contributed by atoms with Crippen molar-refractivity contribution in [2.45, 2.75) is 10.6 Å². The fraction of sp³-hybridized carbons (Fsp3) is 0.167. The van der Waals surface area contributed by atoms with Crippen molar-refractivity contribution >= 4 is 17.7 Å². The average Bonchev–Trinajstić information content (AvgIpc) is 2.73. The summed E-state index contributed by atoms with van der Waals surface area (Å²) in [7, 11) is 1.87. The van der Waals surface area contributed by atoms with Crippen molar-refractivity contribution < 1.29 is 9.90 Å². The van der Waals surface area contributed by atoms with Gasteiger partial charge < -0.3 is 5.11 Å². The molecule has 2 rings (SSSR count). The van der Waals surface area contributed by atoms with Gasteiger partial charge in [0, 0.05) is 29.5 Å². The van der Waals surface area contributed by atoms with Gasteiger partial charge in [0.2, 0.25) is 0 Å². The molecular weight excluding hydrogens is 236 g/mol. The summed E-state index contributed by atoms with van der Waals surface area (Å²) in [6, 6.07) is 6.95. The van der Waals surface area contributed by atoms with Crippen molar-refractivity contribution in [1.29, 1.82) is 0 Å². The highest BCUT2D eigenvalue weighted by molar-refractivity contribution is 7.98. The van der Waals surface area contributed by atoms with Crippen LogP contribution in [0.15, 0.2) is 41.6 Å². The highest BCUT2D eigenvalue weighted by Gasteiger charge is 2.04. The molecule has 0 radical (unpaired) electrons. The minimum absolute atomic E-state index is 0.321. The normalized spacial score (nSPS) is 10.4. The molecular formula is C12H12N2O2S. The van der Waals surface area contributed by atoms with Gasteiger partial charge in [-0.15, -0.1) is 11.8 Å². The number of aryl methyl sites for hydroxylation is 1. The second-order valence-electron chi connectivity index (χ2n) is 3.64. The summed E-state index contributed by atoms with van der Waals surface area (Å²) in [5.41, 5.74) is 1.44. The van der Waals surface area contributed by atoms with E-state index in [4.69, 9.17) is 5.11 Å². The van der Waals surface area contributed by atoms with Gasteiger partial charge in [0.1, 0.15) is 0 Å². The van der Waals surface area contributed by atoms with Crippen LogP contribution in [0.4, 0.5) is 0 Å². The van der Waals surface area contributed by atoms with Crippen LogP contribution in [0, 0.1) is 0 Å². The van der Waals surface area contributed by atoms with E-state index in [2.05, 4.69) is 5.10 Å². The van der Waals surface area contributed by atoms with Gasteiger partial charge >= 0.3 is 5.97 Å². The van der Waals surface area contributed by atoms with E-state index in [0.29, 0.717) is 5.56 Å². The number of aromatic carboxylic acids is 1. The Bertz CT molecular complexity index is 537. The minimum atomic E-state index is -0.895. The second-order valence-corrected chi connectivity index (χ2v) is 4.69. The van der Waals surface area contributed by atoms with E-state index in [0.717, 1.165) is 16.2 Å². The van der Waals surface area contributed by atoms with E-state index in [1.54, 1.807) is 34.6 Å². The Balaban J connectivity index is 2.04. The number of hydrogen-bond donors (Lipinski definition) is 1. The van der Waals surface area contributed by atoms with Gasteiger partial charge in [-0.25, -0.2) is 4.79 Å². The van der Waals surface area contributed by atoms with Gasteiger partial charge in [-0.05, 0) is 18.2 Å². The number of benzene rings is 1. The van der Waals surface area contributed by atoms with Crippen molar-refractivity contribution in [2.24, 2.45) is 7.05 Å². The number of carboxylic acid groups (broad SMARTS) is 1. The van der Waals surface area contributed by atoms with Gasteiger partial charge in [-0.3, -0.25) is 4.68 Å². The molecule has 0 atom stereocenters. The maximum Gasteiger partial charge on any atom is 0.335 e. The zero-order valence-electron chi connectivity index (χ0n) is 9.33. The summed E-state index contributed by atoms with van der Waals surface area (Å²) in [5, 5.41) is 13.0. The zero-order valence-corrected chi connectivity index (χ0v) is 10.1. The lowest BCUT2D eigenvalue weighted by molar-refractivity contribution is 0.0696. The largest absolute Gasteiger partial charge is 0.478 e. The van der Waals surface area contributed by atoms with E-state index >= 15 is 0 Å². The summed E-state index contributed by atoms with van der Waals surface area (Å²) in [6.45, 7) is 0. The Kier molecular flexibility index (Phi) is 3.49. The van der Waals surface area contributed by atoms with Crippen LogP contribution < -0.4 is 0 Å². The van der Waals surface area contributed by atoms with E-state index in [1.165, 1.54) is 0 Å². The molecule has 0 aliphatic heterocycles. The predicted molar refractivity (Wildman–Crippen MR) is 66.2 cm³/mol. The highest BCUT2D eigenvalue weighted by Crippen LogP contribution is 2.23. The van der Waals surface area contributed by atoms with Crippen LogP contribution in [0.3, 0.4) is 0 Å². The molecule has 2 aromatic rings. The first-order valence-corrected chi connectivity index (χ1v) is 6.07. The molecule has 5 heteroatoms. The lowest BCUT2D eigenvalue weighted by atomic mass is 10.2. The molecule has 0 aliphatic rings. The molecule has 4 nitrogen and oxygen atoms in total. The smallest absolute Gasteiger partial charge is 0.335 e. The summed E-state index contributed by atoms with van der Waals surface area (Å²) < 4.78 is 1.75. The Labute approximate surface area is 103 Å². The van der Waals surface area contributed by atoms with Crippen molar-refractivity contribution in [2.75, 3.05) is 0 Å². The van der Waals surface area contributed by atoms with Crippen LogP contribution in [-0.2, 0) is 12.8 Å². The number of hydrogen-bond acceptors (Lipinski definition) is 3. The van der Waals surface area contributed by atoms with Crippen molar-refractivity contribution in [3.63, 3.8) is 0 Å². The third-order valence-electron chi connectivity index (χ3n) is 2.24. The molecule has 1 aromatic heterocycles. The number of carbonyl (C=O) groups is 1. The Morgan fingerprint density at radius 1 is 1.53 bits per heavy atom. The van der Waals surface area contributed by atoms with Crippen LogP contribution in [0.2, 0.25) is 0 Å². The summed E-state index contributed by atoms with van der Waals surface area (Å²) >= 11 is 1.60. The molecule has 1 aromatic carbocycles. The minimum Gasteiger partial charge on any atom is -0.478 e. The molecule has 0 fully saturated rings. The van der Waals surface area contributed by atoms with Gasteiger partial charge in [-0.2, -0.15) is 5.10 Å².